The van der Waals surface area contributed by atoms with Crippen LogP contribution in [0.5, 0.6) is 0 Å². The summed E-state index contributed by atoms with van der Waals surface area (Å²) in [5.74, 6) is -1.00. The predicted molar refractivity (Wildman–Crippen MR) is 97.2 cm³/mol. The zero-order valence-electron chi connectivity index (χ0n) is 14.6. The monoisotopic (exact) mass is 340 g/mol. The minimum Gasteiger partial charge on any atom is -0.481 e. The lowest BCUT2D eigenvalue weighted by molar-refractivity contribution is -0.138. The van der Waals surface area contributed by atoms with Gasteiger partial charge in [-0.05, 0) is 25.1 Å². The Bertz CT molecular complexity index is 649. The summed E-state index contributed by atoms with van der Waals surface area (Å²) in [6.07, 6.45) is 0.00885. The molecule has 2 N–H and O–H groups in total. The SMILES string of the molecule is CC(C(=O)NC(c1ccccc1)c1ccccc1)N(C)CCC(=O)O. The maximum atomic E-state index is 12.7. The van der Waals surface area contributed by atoms with Crippen molar-refractivity contribution in [3.8, 4) is 0 Å². The van der Waals surface area contributed by atoms with Gasteiger partial charge in [-0.25, -0.2) is 0 Å². The van der Waals surface area contributed by atoms with Gasteiger partial charge in [0.2, 0.25) is 5.91 Å². The molecule has 0 aromatic heterocycles. The summed E-state index contributed by atoms with van der Waals surface area (Å²) in [4.78, 5) is 25.1. The highest BCUT2D eigenvalue weighted by Gasteiger charge is 2.23. The first kappa shape index (κ1) is 18.7. The fourth-order valence-electron chi connectivity index (χ4n) is 2.58. The Balaban J connectivity index is 2.14. The predicted octanol–water partition coefficient (Wildman–Crippen LogP) is 2.69. The van der Waals surface area contributed by atoms with Gasteiger partial charge in [-0.3, -0.25) is 14.5 Å². The molecule has 5 heteroatoms. The molecule has 2 aromatic rings. The number of nitrogens with zero attached hydrogens (tertiary/aromatic N) is 1. The van der Waals surface area contributed by atoms with Crippen LogP contribution in [0.3, 0.4) is 0 Å². The van der Waals surface area contributed by atoms with E-state index in [9.17, 15) is 9.59 Å². The van der Waals surface area contributed by atoms with Crippen molar-refractivity contribution < 1.29 is 14.7 Å². The van der Waals surface area contributed by atoms with Crippen LogP contribution in [0.25, 0.3) is 0 Å². The molecule has 2 aromatic carbocycles. The third-order valence-corrected chi connectivity index (χ3v) is 4.27. The van der Waals surface area contributed by atoms with Crippen molar-refractivity contribution >= 4 is 11.9 Å². The molecular formula is C20H24N2O3. The molecule has 0 saturated heterocycles. The van der Waals surface area contributed by atoms with Crippen LogP contribution < -0.4 is 5.32 Å². The molecule has 5 nitrogen and oxygen atoms in total. The summed E-state index contributed by atoms with van der Waals surface area (Å²) in [7, 11) is 1.76. The molecule has 25 heavy (non-hydrogen) atoms. The largest absolute Gasteiger partial charge is 0.481 e. The quantitative estimate of drug-likeness (QED) is 0.775. The lowest BCUT2D eigenvalue weighted by Gasteiger charge is -2.27. The first-order valence-corrected chi connectivity index (χ1v) is 8.31. The molecule has 0 saturated carbocycles. The highest BCUT2D eigenvalue weighted by molar-refractivity contribution is 5.82. The van der Waals surface area contributed by atoms with E-state index in [0.29, 0.717) is 6.54 Å². The molecule has 0 aliphatic carbocycles. The van der Waals surface area contributed by atoms with Crippen LogP contribution in [-0.2, 0) is 9.59 Å². The highest BCUT2D eigenvalue weighted by Crippen LogP contribution is 2.22. The molecule has 2 rings (SSSR count). The number of carboxylic acids is 1. The molecule has 0 heterocycles. The normalized spacial score (nSPS) is 12.2. The second kappa shape index (κ2) is 8.99. The minimum atomic E-state index is -0.870. The Morgan fingerprint density at radius 2 is 1.48 bits per heavy atom. The molecular weight excluding hydrogens is 316 g/mol. The molecule has 0 fully saturated rings. The number of aliphatic carboxylic acids is 1. The summed E-state index contributed by atoms with van der Waals surface area (Å²) in [6, 6.07) is 18.9. The van der Waals surface area contributed by atoms with Gasteiger partial charge in [0.1, 0.15) is 0 Å². The smallest absolute Gasteiger partial charge is 0.304 e. The molecule has 1 unspecified atom stereocenters. The molecule has 132 valence electrons. The van der Waals surface area contributed by atoms with Crippen LogP contribution >= 0.6 is 0 Å². The minimum absolute atomic E-state index is 0.00885. The number of benzene rings is 2. The van der Waals surface area contributed by atoms with E-state index >= 15 is 0 Å². The maximum Gasteiger partial charge on any atom is 0.304 e. The van der Waals surface area contributed by atoms with E-state index in [1.807, 2.05) is 60.7 Å². The van der Waals surface area contributed by atoms with Gasteiger partial charge in [-0.2, -0.15) is 0 Å². The summed E-state index contributed by atoms with van der Waals surface area (Å²) in [6.45, 7) is 2.11. The topological polar surface area (TPSA) is 69.6 Å². The summed E-state index contributed by atoms with van der Waals surface area (Å²) < 4.78 is 0. The third kappa shape index (κ3) is 5.43. The average molecular weight is 340 g/mol. The Hall–Kier alpha value is -2.66. The van der Waals surface area contributed by atoms with Gasteiger partial charge in [0.05, 0.1) is 18.5 Å². The van der Waals surface area contributed by atoms with Crippen molar-refractivity contribution in [3.63, 3.8) is 0 Å². The molecule has 0 spiro atoms. The van der Waals surface area contributed by atoms with Crippen molar-refractivity contribution in [1.29, 1.82) is 0 Å². The average Bonchev–Trinajstić information content (AvgIpc) is 2.64. The molecule has 0 bridgehead atoms. The standard InChI is InChI=1S/C20H24N2O3/c1-15(22(2)14-13-18(23)24)20(25)21-19(16-9-5-3-6-10-16)17-11-7-4-8-12-17/h3-12,15,19H,13-14H2,1-2H3,(H,21,25)(H,23,24). The van der Waals surface area contributed by atoms with Crippen LogP contribution in [-0.4, -0.2) is 41.5 Å². The number of rotatable bonds is 8. The third-order valence-electron chi connectivity index (χ3n) is 4.27. The van der Waals surface area contributed by atoms with Crippen LogP contribution in [0, 0.1) is 0 Å². The Morgan fingerprint density at radius 1 is 1.00 bits per heavy atom. The number of nitrogens with one attached hydrogen (secondary N) is 1. The molecule has 1 atom stereocenters. The van der Waals surface area contributed by atoms with Crippen LogP contribution in [0.4, 0.5) is 0 Å². The van der Waals surface area contributed by atoms with Gasteiger partial charge in [-0.15, -0.1) is 0 Å². The maximum absolute atomic E-state index is 12.7. The van der Waals surface area contributed by atoms with Crippen LogP contribution in [0.2, 0.25) is 0 Å². The number of likely N-dealkylation sites (N-methyl/N-ethyl adjacent to an activating group) is 1. The van der Waals surface area contributed by atoms with E-state index in [4.69, 9.17) is 5.11 Å². The van der Waals surface area contributed by atoms with E-state index in [1.165, 1.54) is 0 Å². The summed E-state index contributed by atoms with van der Waals surface area (Å²) in [5, 5.41) is 11.9. The van der Waals surface area contributed by atoms with Gasteiger partial charge in [0.15, 0.2) is 0 Å². The number of carboxylic acid groups (broad SMARTS) is 1. The van der Waals surface area contributed by atoms with Crippen molar-refractivity contribution in [1.82, 2.24) is 10.2 Å². The molecule has 0 aliphatic heterocycles. The number of amides is 1. The first-order chi connectivity index (χ1) is 12.0. The van der Waals surface area contributed by atoms with E-state index < -0.39 is 12.0 Å². The fourth-order valence-corrected chi connectivity index (χ4v) is 2.58. The molecule has 0 radical (unpaired) electrons. The first-order valence-electron chi connectivity index (χ1n) is 8.31. The second-order valence-electron chi connectivity index (χ2n) is 6.06. The number of carbonyl (C=O) groups is 2. The van der Waals surface area contributed by atoms with Gasteiger partial charge in [-0.1, -0.05) is 60.7 Å². The van der Waals surface area contributed by atoms with E-state index in [-0.39, 0.29) is 18.4 Å². The van der Waals surface area contributed by atoms with Crippen molar-refractivity contribution in [2.45, 2.75) is 25.4 Å². The highest BCUT2D eigenvalue weighted by atomic mass is 16.4. The Labute approximate surface area is 148 Å². The second-order valence-corrected chi connectivity index (χ2v) is 6.06. The number of hydrogen-bond donors (Lipinski definition) is 2. The van der Waals surface area contributed by atoms with Crippen molar-refractivity contribution in [2.75, 3.05) is 13.6 Å². The van der Waals surface area contributed by atoms with Crippen LogP contribution in [0.15, 0.2) is 60.7 Å². The van der Waals surface area contributed by atoms with E-state index in [1.54, 1.807) is 18.9 Å². The number of hydrogen-bond acceptors (Lipinski definition) is 3. The fraction of sp³-hybridized carbons (Fsp3) is 0.300. The molecule has 1 amide bonds. The van der Waals surface area contributed by atoms with Crippen LogP contribution in [0.1, 0.15) is 30.5 Å². The van der Waals surface area contributed by atoms with Gasteiger partial charge < -0.3 is 10.4 Å². The Kier molecular flexibility index (Phi) is 6.71. The zero-order valence-corrected chi connectivity index (χ0v) is 14.6. The Morgan fingerprint density at radius 3 is 1.92 bits per heavy atom. The summed E-state index contributed by atoms with van der Waals surface area (Å²) >= 11 is 0. The lowest BCUT2D eigenvalue weighted by Crippen LogP contribution is -2.45. The van der Waals surface area contributed by atoms with Crippen molar-refractivity contribution in [2.24, 2.45) is 0 Å². The van der Waals surface area contributed by atoms with Gasteiger partial charge >= 0.3 is 5.97 Å². The molecule has 0 aliphatic rings. The zero-order chi connectivity index (χ0) is 18.2. The van der Waals surface area contributed by atoms with Crippen molar-refractivity contribution in [3.05, 3.63) is 71.8 Å². The number of carbonyl (C=O) groups excluding carboxylic acids is 1. The van der Waals surface area contributed by atoms with E-state index in [0.717, 1.165) is 11.1 Å². The van der Waals surface area contributed by atoms with Gasteiger partial charge in [0, 0.05) is 6.54 Å². The summed E-state index contributed by atoms with van der Waals surface area (Å²) in [5.41, 5.74) is 2.00. The lowest BCUT2D eigenvalue weighted by atomic mass is 9.98. The van der Waals surface area contributed by atoms with E-state index in [2.05, 4.69) is 5.32 Å². The van der Waals surface area contributed by atoms with Gasteiger partial charge in [0.25, 0.3) is 0 Å².